The number of rotatable bonds is 9. The van der Waals surface area contributed by atoms with Gasteiger partial charge in [-0.3, -0.25) is 4.79 Å². The first-order chi connectivity index (χ1) is 6.27. The molecule has 0 spiro atoms. The van der Waals surface area contributed by atoms with E-state index in [1.54, 1.807) is 0 Å². The average Bonchev–Trinajstić information content (AvgIpc) is 2.09. The van der Waals surface area contributed by atoms with Gasteiger partial charge in [0.05, 0.1) is 0 Å². The third kappa shape index (κ3) is 11.8. The molecule has 78 valence electrons. The summed E-state index contributed by atoms with van der Waals surface area (Å²) in [6.07, 6.45) is 5.30. The lowest BCUT2D eigenvalue weighted by molar-refractivity contribution is -0.137. The van der Waals surface area contributed by atoms with Crippen LogP contribution in [0.3, 0.4) is 0 Å². The Bertz CT molecular complexity index is 131. The molecule has 0 amide bonds. The van der Waals surface area contributed by atoms with E-state index in [9.17, 15) is 4.79 Å². The van der Waals surface area contributed by atoms with Crippen molar-refractivity contribution in [3.8, 4) is 0 Å². The molecular weight excluding hydrogens is 186 g/mol. The van der Waals surface area contributed by atoms with Gasteiger partial charge in [-0.05, 0) is 25.6 Å². The van der Waals surface area contributed by atoms with Crippen molar-refractivity contribution in [1.82, 2.24) is 5.32 Å². The van der Waals surface area contributed by atoms with Gasteiger partial charge in [-0.2, -0.15) is 11.8 Å². The Balaban J connectivity index is 2.87. The van der Waals surface area contributed by atoms with Gasteiger partial charge in [0.1, 0.15) is 0 Å². The summed E-state index contributed by atoms with van der Waals surface area (Å²) >= 11 is 1.83. The van der Waals surface area contributed by atoms with Crippen LogP contribution in [0.4, 0.5) is 0 Å². The number of carbonyl (C=O) groups is 1. The molecule has 2 N–H and O–H groups in total. The second-order valence-corrected chi connectivity index (χ2v) is 3.93. The molecule has 4 heteroatoms. The SMILES string of the molecule is CSCCNCCCCCC(=O)O. The van der Waals surface area contributed by atoms with Crippen molar-refractivity contribution in [1.29, 1.82) is 0 Å². The number of aliphatic carboxylic acids is 1. The molecule has 0 aliphatic heterocycles. The Morgan fingerprint density at radius 2 is 2.08 bits per heavy atom. The number of hydrogen-bond acceptors (Lipinski definition) is 3. The molecule has 0 unspecified atom stereocenters. The van der Waals surface area contributed by atoms with Gasteiger partial charge in [0, 0.05) is 18.7 Å². The molecule has 0 bridgehead atoms. The summed E-state index contributed by atoms with van der Waals surface area (Å²) in [5, 5.41) is 11.7. The van der Waals surface area contributed by atoms with E-state index in [1.807, 2.05) is 11.8 Å². The van der Waals surface area contributed by atoms with Crippen molar-refractivity contribution < 1.29 is 9.90 Å². The van der Waals surface area contributed by atoms with Gasteiger partial charge in [-0.1, -0.05) is 6.42 Å². The maximum atomic E-state index is 10.2. The van der Waals surface area contributed by atoms with Crippen LogP contribution in [0.5, 0.6) is 0 Å². The number of nitrogens with one attached hydrogen (secondary N) is 1. The molecule has 0 aromatic rings. The minimum absolute atomic E-state index is 0.310. The Kier molecular flexibility index (Phi) is 9.70. The summed E-state index contributed by atoms with van der Waals surface area (Å²) in [7, 11) is 0. The summed E-state index contributed by atoms with van der Waals surface area (Å²) in [6.45, 7) is 2.07. The highest BCUT2D eigenvalue weighted by Crippen LogP contribution is 1.98. The Morgan fingerprint density at radius 1 is 1.31 bits per heavy atom. The molecule has 0 fully saturated rings. The van der Waals surface area contributed by atoms with E-state index >= 15 is 0 Å². The second kappa shape index (κ2) is 9.86. The molecule has 0 rings (SSSR count). The van der Waals surface area contributed by atoms with E-state index in [0.717, 1.165) is 38.1 Å². The van der Waals surface area contributed by atoms with Crippen LogP contribution < -0.4 is 5.32 Å². The smallest absolute Gasteiger partial charge is 0.303 e. The van der Waals surface area contributed by atoms with Gasteiger partial charge in [0.2, 0.25) is 0 Å². The van der Waals surface area contributed by atoms with Crippen molar-refractivity contribution in [3.63, 3.8) is 0 Å². The normalized spacial score (nSPS) is 10.2. The number of hydrogen-bond donors (Lipinski definition) is 2. The van der Waals surface area contributed by atoms with E-state index in [1.165, 1.54) is 0 Å². The first-order valence-corrected chi connectivity index (χ1v) is 6.08. The fourth-order valence-electron chi connectivity index (χ4n) is 1.00. The quantitative estimate of drug-likeness (QED) is 0.561. The monoisotopic (exact) mass is 205 g/mol. The Labute approximate surface area is 84.3 Å². The van der Waals surface area contributed by atoms with Crippen molar-refractivity contribution in [2.75, 3.05) is 25.1 Å². The highest BCUT2D eigenvalue weighted by molar-refractivity contribution is 7.98. The highest BCUT2D eigenvalue weighted by atomic mass is 32.2. The third-order valence-electron chi connectivity index (χ3n) is 1.73. The fraction of sp³-hybridized carbons (Fsp3) is 0.889. The zero-order valence-corrected chi connectivity index (χ0v) is 9.03. The molecule has 0 aromatic carbocycles. The van der Waals surface area contributed by atoms with E-state index in [4.69, 9.17) is 5.11 Å². The Hall–Kier alpha value is -0.220. The number of carboxylic acids is 1. The van der Waals surface area contributed by atoms with Gasteiger partial charge < -0.3 is 10.4 Å². The van der Waals surface area contributed by atoms with Crippen LogP contribution in [0.1, 0.15) is 25.7 Å². The molecule has 0 saturated heterocycles. The second-order valence-electron chi connectivity index (χ2n) is 2.95. The van der Waals surface area contributed by atoms with Crippen LogP contribution in [0.15, 0.2) is 0 Å². The zero-order chi connectivity index (χ0) is 9.94. The minimum atomic E-state index is -0.685. The zero-order valence-electron chi connectivity index (χ0n) is 8.21. The van der Waals surface area contributed by atoms with Crippen molar-refractivity contribution >= 4 is 17.7 Å². The molecule has 0 heterocycles. The average molecular weight is 205 g/mol. The van der Waals surface area contributed by atoms with E-state index < -0.39 is 5.97 Å². The Morgan fingerprint density at radius 3 is 2.69 bits per heavy atom. The molecule has 0 saturated carbocycles. The predicted molar refractivity (Wildman–Crippen MR) is 57.4 cm³/mol. The maximum Gasteiger partial charge on any atom is 0.303 e. The van der Waals surface area contributed by atoms with Gasteiger partial charge in [-0.15, -0.1) is 0 Å². The van der Waals surface area contributed by atoms with E-state index in [0.29, 0.717) is 6.42 Å². The largest absolute Gasteiger partial charge is 0.481 e. The molecule has 13 heavy (non-hydrogen) atoms. The van der Waals surface area contributed by atoms with Crippen LogP contribution >= 0.6 is 11.8 Å². The summed E-state index contributed by atoms with van der Waals surface area (Å²) in [6, 6.07) is 0. The molecule has 0 atom stereocenters. The first-order valence-electron chi connectivity index (χ1n) is 4.69. The lowest BCUT2D eigenvalue weighted by Crippen LogP contribution is -2.18. The molecule has 3 nitrogen and oxygen atoms in total. The molecule has 0 aliphatic rings. The van der Waals surface area contributed by atoms with Crippen LogP contribution in [-0.2, 0) is 4.79 Å². The van der Waals surface area contributed by atoms with Gasteiger partial charge in [-0.25, -0.2) is 0 Å². The number of unbranched alkanes of at least 4 members (excludes halogenated alkanes) is 2. The lowest BCUT2D eigenvalue weighted by atomic mass is 10.2. The molecule has 0 radical (unpaired) electrons. The van der Waals surface area contributed by atoms with Gasteiger partial charge >= 0.3 is 5.97 Å². The van der Waals surface area contributed by atoms with Crippen LogP contribution in [0.25, 0.3) is 0 Å². The van der Waals surface area contributed by atoms with Gasteiger partial charge in [0.25, 0.3) is 0 Å². The van der Waals surface area contributed by atoms with Crippen molar-refractivity contribution in [3.05, 3.63) is 0 Å². The van der Waals surface area contributed by atoms with Crippen LogP contribution in [0.2, 0.25) is 0 Å². The summed E-state index contributed by atoms with van der Waals surface area (Å²) < 4.78 is 0. The number of carboxylic acid groups (broad SMARTS) is 1. The minimum Gasteiger partial charge on any atom is -0.481 e. The van der Waals surface area contributed by atoms with E-state index in [2.05, 4.69) is 11.6 Å². The fourth-order valence-corrected chi connectivity index (χ4v) is 1.35. The summed E-state index contributed by atoms with van der Waals surface area (Å²) in [4.78, 5) is 10.2. The molecular formula is C9H19NO2S. The third-order valence-corrected chi connectivity index (χ3v) is 2.34. The van der Waals surface area contributed by atoms with Crippen molar-refractivity contribution in [2.45, 2.75) is 25.7 Å². The highest BCUT2D eigenvalue weighted by Gasteiger charge is 1.95. The lowest BCUT2D eigenvalue weighted by Gasteiger charge is -2.02. The van der Waals surface area contributed by atoms with E-state index in [-0.39, 0.29) is 0 Å². The van der Waals surface area contributed by atoms with Crippen molar-refractivity contribution in [2.24, 2.45) is 0 Å². The topological polar surface area (TPSA) is 49.3 Å². The first kappa shape index (κ1) is 12.8. The standard InChI is InChI=1S/C9H19NO2S/c1-13-8-7-10-6-4-2-3-5-9(11)12/h10H,2-8H2,1H3,(H,11,12). The van der Waals surface area contributed by atoms with Crippen LogP contribution in [-0.4, -0.2) is 36.2 Å². The number of thioether (sulfide) groups is 1. The molecule has 0 aliphatic carbocycles. The maximum absolute atomic E-state index is 10.2. The summed E-state index contributed by atoms with van der Waals surface area (Å²) in [5.74, 6) is 0.463. The molecule has 0 aromatic heterocycles. The predicted octanol–water partition coefficient (Wildman–Crippen LogP) is 1.58. The summed E-state index contributed by atoms with van der Waals surface area (Å²) in [5.41, 5.74) is 0. The van der Waals surface area contributed by atoms with Gasteiger partial charge in [0.15, 0.2) is 0 Å². The van der Waals surface area contributed by atoms with Crippen LogP contribution in [0, 0.1) is 0 Å².